The van der Waals surface area contributed by atoms with Gasteiger partial charge in [0, 0.05) is 41.3 Å². The van der Waals surface area contributed by atoms with E-state index in [1.807, 2.05) is 22.7 Å². The molecular formula is C14H20BrN3OS. The second-order valence-electron chi connectivity index (χ2n) is 4.90. The normalized spacial score (nSPS) is 18.9. The van der Waals surface area contributed by atoms with E-state index in [-0.39, 0.29) is 11.9 Å². The number of aromatic nitrogens is 1. The molecule has 110 valence electrons. The van der Waals surface area contributed by atoms with Gasteiger partial charge in [0.2, 0.25) is 0 Å². The molecule has 2 heterocycles. The number of halogens is 1. The number of rotatable bonds is 4. The van der Waals surface area contributed by atoms with E-state index >= 15 is 0 Å². The van der Waals surface area contributed by atoms with Crippen LogP contribution in [0.2, 0.25) is 0 Å². The van der Waals surface area contributed by atoms with Gasteiger partial charge in [-0.25, -0.2) is 4.98 Å². The minimum Gasteiger partial charge on any atom is -0.369 e. The first-order valence-corrected chi connectivity index (χ1v) is 8.86. The number of hydrogen-bond acceptors (Lipinski definition) is 4. The average Bonchev–Trinajstić information content (AvgIpc) is 2.46. The monoisotopic (exact) mass is 357 g/mol. The van der Waals surface area contributed by atoms with Gasteiger partial charge in [-0.1, -0.05) is 6.92 Å². The van der Waals surface area contributed by atoms with Crippen molar-refractivity contribution in [2.75, 3.05) is 29.9 Å². The number of amides is 1. The predicted octanol–water partition coefficient (Wildman–Crippen LogP) is 3.24. The van der Waals surface area contributed by atoms with E-state index in [9.17, 15) is 4.79 Å². The molecule has 4 nitrogen and oxygen atoms in total. The third-order valence-corrected chi connectivity index (χ3v) is 4.88. The minimum atomic E-state index is 0.0743. The Labute approximate surface area is 132 Å². The molecule has 1 aromatic heterocycles. The Morgan fingerprint density at radius 2 is 2.45 bits per heavy atom. The molecule has 2 rings (SSSR count). The molecule has 0 aromatic carbocycles. The number of thioether (sulfide) groups is 1. The highest BCUT2D eigenvalue weighted by Gasteiger charge is 2.26. The number of carbonyl (C=O) groups is 1. The summed E-state index contributed by atoms with van der Waals surface area (Å²) in [6.45, 7) is 5.83. The van der Waals surface area contributed by atoms with Crippen LogP contribution < -0.4 is 5.32 Å². The van der Waals surface area contributed by atoms with Crippen LogP contribution in [0.15, 0.2) is 16.7 Å². The molecule has 1 aromatic rings. The van der Waals surface area contributed by atoms with Gasteiger partial charge in [0.05, 0.1) is 5.56 Å². The lowest BCUT2D eigenvalue weighted by molar-refractivity contribution is 0.0716. The molecule has 1 saturated heterocycles. The first-order valence-electron chi connectivity index (χ1n) is 6.91. The van der Waals surface area contributed by atoms with Crippen molar-refractivity contribution in [1.29, 1.82) is 0 Å². The van der Waals surface area contributed by atoms with Gasteiger partial charge in [0.15, 0.2) is 0 Å². The summed E-state index contributed by atoms with van der Waals surface area (Å²) in [7, 11) is 0. The Morgan fingerprint density at radius 3 is 3.15 bits per heavy atom. The average molecular weight is 358 g/mol. The Balaban J connectivity index is 2.24. The van der Waals surface area contributed by atoms with Crippen LogP contribution in [0.5, 0.6) is 0 Å². The summed E-state index contributed by atoms with van der Waals surface area (Å²) in [5.74, 6) is 2.77. The van der Waals surface area contributed by atoms with Gasteiger partial charge in [0.25, 0.3) is 5.91 Å². The summed E-state index contributed by atoms with van der Waals surface area (Å²) in [5.41, 5.74) is 0.659. The van der Waals surface area contributed by atoms with Crippen molar-refractivity contribution in [2.45, 2.75) is 26.3 Å². The maximum Gasteiger partial charge on any atom is 0.257 e. The highest BCUT2D eigenvalue weighted by Crippen LogP contribution is 2.24. The van der Waals surface area contributed by atoms with Crippen molar-refractivity contribution in [3.05, 3.63) is 22.3 Å². The Bertz CT molecular complexity index is 483. The summed E-state index contributed by atoms with van der Waals surface area (Å²) in [4.78, 5) is 19.1. The molecule has 0 bridgehead atoms. The summed E-state index contributed by atoms with van der Waals surface area (Å²) < 4.78 is 0.835. The standard InChI is InChI=1S/C14H20BrN3OS/c1-3-4-16-13-12(7-11(15)8-17-13)14(19)18-5-6-20-9-10(18)2/h7-8,10H,3-6,9H2,1-2H3,(H,16,17). The lowest BCUT2D eigenvalue weighted by Gasteiger charge is -2.33. The molecule has 1 unspecified atom stereocenters. The van der Waals surface area contributed by atoms with Crippen molar-refractivity contribution in [3.63, 3.8) is 0 Å². The Hall–Kier alpha value is -0.750. The van der Waals surface area contributed by atoms with E-state index < -0.39 is 0 Å². The molecule has 20 heavy (non-hydrogen) atoms. The second kappa shape index (κ2) is 7.31. The topological polar surface area (TPSA) is 45.2 Å². The highest BCUT2D eigenvalue weighted by atomic mass is 79.9. The fourth-order valence-corrected chi connectivity index (χ4v) is 3.51. The highest BCUT2D eigenvalue weighted by molar-refractivity contribution is 9.10. The zero-order valence-electron chi connectivity index (χ0n) is 11.9. The fourth-order valence-electron chi connectivity index (χ4n) is 2.17. The van der Waals surface area contributed by atoms with Gasteiger partial charge in [-0.2, -0.15) is 11.8 Å². The lowest BCUT2D eigenvalue weighted by atomic mass is 10.2. The van der Waals surface area contributed by atoms with Gasteiger partial charge in [-0.3, -0.25) is 4.79 Å². The van der Waals surface area contributed by atoms with Crippen LogP contribution in [0, 0.1) is 0 Å². The van der Waals surface area contributed by atoms with Crippen molar-refractivity contribution in [1.82, 2.24) is 9.88 Å². The molecule has 1 amide bonds. The van der Waals surface area contributed by atoms with Crippen LogP contribution in [0.3, 0.4) is 0 Å². The van der Waals surface area contributed by atoms with E-state index in [1.54, 1.807) is 6.20 Å². The number of hydrogen-bond donors (Lipinski definition) is 1. The van der Waals surface area contributed by atoms with Crippen LogP contribution in [-0.2, 0) is 0 Å². The summed E-state index contributed by atoms with van der Waals surface area (Å²) in [6.07, 6.45) is 2.73. The van der Waals surface area contributed by atoms with Gasteiger partial charge in [0.1, 0.15) is 5.82 Å². The molecule has 1 aliphatic rings. The van der Waals surface area contributed by atoms with E-state index in [2.05, 4.69) is 40.1 Å². The maximum absolute atomic E-state index is 12.8. The van der Waals surface area contributed by atoms with E-state index in [1.165, 1.54) is 0 Å². The number of carbonyl (C=O) groups excluding carboxylic acids is 1. The SMILES string of the molecule is CCCNc1ncc(Br)cc1C(=O)N1CCSCC1C. The summed E-state index contributed by atoms with van der Waals surface area (Å²) in [6, 6.07) is 2.14. The van der Waals surface area contributed by atoms with Crippen molar-refractivity contribution in [3.8, 4) is 0 Å². The Kier molecular flexibility index (Phi) is 5.72. The van der Waals surface area contributed by atoms with Crippen LogP contribution in [-0.4, -0.2) is 46.4 Å². The van der Waals surface area contributed by atoms with Crippen LogP contribution >= 0.6 is 27.7 Å². The zero-order valence-corrected chi connectivity index (χ0v) is 14.3. The van der Waals surface area contributed by atoms with Crippen molar-refractivity contribution < 1.29 is 4.79 Å². The quantitative estimate of drug-likeness (QED) is 0.898. The van der Waals surface area contributed by atoms with Crippen LogP contribution in [0.25, 0.3) is 0 Å². The van der Waals surface area contributed by atoms with E-state index in [4.69, 9.17) is 0 Å². The van der Waals surface area contributed by atoms with Gasteiger partial charge >= 0.3 is 0 Å². The van der Waals surface area contributed by atoms with Crippen molar-refractivity contribution >= 4 is 39.4 Å². The van der Waals surface area contributed by atoms with Crippen molar-refractivity contribution in [2.24, 2.45) is 0 Å². The second-order valence-corrected chi connectivity index (χ2v) is 6.96. The smallest absolute Gasteiger partial charge is 0.257 e. The van der Waals surface area contributed by atoms with Gasteiger partial charge < -0.3 is 10.2 Å². The molecule has 0 spiro atoms. The lowest BCUT2D eigenvalue weighted by Crippen LogP contribution is -2.44. The van der Waals surface area contributed by atoms with Crippen LogP contribution in [0.4, 0.5) is 5.82 Å². The zero-order chi connectivity index (χ0) is 14.5. The third-order valence-electron chi connectivity index (χ3n) is 3.26. The number of nitrogens with zero attached hydrogens (tertiary/aromatic N) is 2. The summed E-state index contributed by atoms with van der Waals surface area (Å²) in [5, 5.41) is 3.24. The predicted molar refractivity (Wildman–Crippen MR) is 88.5 cm³/mol. The molecule has 1 N–H and O–H groups in total. The fraction of sp³-hybridized carbons (Fsp3) is 0.571. The maximum atomic E-state index is 12.8. The van der Waals surface area contributed by atoms with Gasteiger partial charge in [-0.15, -0.1) is 0 Å². The first kappa shape index (κ1) is 15.6. The molecule has 1 fully saturated rings. The molecule has 0 radical (unpaired) electrons. The van der Waals surface area contributed by atoms with Gasteiger partial charge in [-0.05, 0) is 35.3 Å². The number of anilines is 1. The molecule has 1 atom stereocenters. The minimum absolute atomic E-state index is 0.0743. The Morgan fingerprint density at radius 1 is 1.65 bits per heavy atom. The third kappa shape index (κ3) is 3.67. The van der Waals surface area contributed by atoms with E-state index in [0.717, 1.165) is 35.5 Å². The molecular weight excluding hydrogens is 338 g/mol. The molecule has 0 saturated carbocycles. The number of pyridine rings is 1. The molecule has 1 aliphatic heterocycles. The number of nitrogens with one attached hydrogen (secondary N) is 1. The summed E-state index contributed by atoms with van der Waals surface area (Å²) >= 11 is 5.31. The largest absolute Gasteiger partial charge is 0.369 e. The molecule has 6 heteroatoms. The first-order chi connectivity index (χ1) is 9.63. The molecule has 0 aliphatic carbocycles. The van der Waals surface area contributed by atoms with Crippen LogP contribution in [0.1, 0.15) is 30.6 Å². The van der Waals surface area contributed by atoms with E-state index in [0.29, 0.717) is 11.4 Å².